The predicted molar refractivity (Wildman–Crippen MR) is 81.5 cm³/mol. The van der Waals surface area contributed by atoms with Gasteiger partial charge in [-0.15, -0.1) is 10.2 Å². The summed E-state index contributed by atoms with van der Waals surface area (Å²) >= 11 is 0. The van der Waals surface area contributed by atoms with Crippen LogP contribution in [-0.4, -0.2) is 44.7 Å². The average molecular weight is 311 g/mol. The first-order chi connectivity index (χ1) is 9.63. The Bertz CT molecular complexity index is 495. The lowest BCUT2D eigenvalue weighted by atomic mass is 10.2. The normalized spacial score (nSPS) is 17.8. The van der Waals surface area contributed by atoms with Crippen LogP contribution in [0.2, 0.25) is 0 Å². The zero-order valence-corrected chi connectivity index (χ0v) is 13.8. The topological polar surface area (TPSA) is 48.0 Å². The van der Waals surface area contributed by atoms with Gasteiger partial charge >= 0.3 is 5.96 Å². The monoisotopic (exact) mass is 310 g/mol. The molecule has 0 radical (unpaired) electrons. The van der Waals surface area contributed by atoms with E-state index in [4.69, 9.17) is 0 Å². The highest BCUT2D eigenvalue weighted by atomic mass is 35.5. The minimum atomic E-state index is 0. The van der Waals surface area contributed by atoms with Gasteiger partial charge in [0.25, 0.3) is 0 Å². The van der Waals surface area contributed by atoms with Gasteiger partial charge in [0, 0.05) is 25.8 Å². The largest absolute Gasteiger partial charge is 1.00 e. The maximum absolute atomic E-state index is 4.35. The molecule has 2 rings (SSSR count). The summed E-state index contributed by atoms with van der Waals surface area (Å²) in [6.07, 6.45) is 0. The molecule has 1 atom stereocenters. The van der Waals surface area contributed by atoms with Gasteiger partial charge in [0.05, 0.1) is 12.7 Å². The van der Waals surface area contributed by atoms with E-state index in [1.165, 1.54) is 5.69 Å². The molecule has 1 aliphatic rings. The van der Waals surface area contributed by atoms with Crippen molar-refractivity contribution in [1.82, 2.24) is 4.90 Å². The number of quaternary nitrogens is 1. The van der Waals surface area contributed by atoms with Crippen molar-refractivity contribution >= 4 is 17.3 Å². The lowest BCUT2D eigenvalue weighted by Crippen LogP contribution is -3.03. The fourth-order valence-electron chi connectivity index (χ4n) is 2.23. The number of hydrogen-bond donors (Lipinski definition) is 1. The molecular formula is C14H23ClN6. The van der Waals surface area contributed by atoms with E-state index in [9.17, 15) is 0 Å². The summed E-state index contributed by atoms with van der Waals surface area (Å²) in [5.74, 6) is 0.676. The molecular weight excluding hydrogens is 288 g/mol. The maximum atomic E-state index is 4.35. The SMILES string of the molecule is CCN(CC)c1ccc(N=NC2=N[NH+](C)CN2C)cc1.[Cl-]. The molecule has 0 saturated heterocycles. The lowest BCUT2D eigenvalue weighted by molar-refractivity contribution is -0.887. The first kappa shape index (κ1) is 17.4. The van der Waals surface area contributed by atoms with Crippen molar-refractivity contribution in [3.05, 3.63) is 24.3 Å². The average Bonchev–Trinajstić information content (AvgIpc) is 2.77. The number of nitrogens with zero attached hydrogens (tertiary/aromatic N) is 5. The standard InChI is InChI=1S/C14H22N6.ClH/c1-5-20(6-2)13-9-7-12(8-10-13)15-16-14-17-19(4)11-18(14)3;/h7-10H,5-6,11H2,1-4H3;1H. The van der Waals surface area contributed by atoms with E-state index in [1.807, 2.05) is 31.1 Å². The summed E-state index contributed by atoms with van der Waals surface area (Å²) in [6.45, 7) is 7.16. The van der Waals surface area contributed by atoms with Crippen LogP contribution in [0.1, 0.15) is 13.8 Å². The number of benzene rings is 1. The summed E-state index contributed by atoms with van der Waals surface area (Å²) in [5, 5.41) is 13.9. The van der Waals surface area contributed by atoms with E-state index in [0.29, 0.717) is 5.96 Å². The lowest BCUT2D eigenvalue weighted by Gasteiger charge is -2.20. The summed E-state index contributed by atoms with van der Waals surface area (Å²) in [4.78, 5) is 4.29. The minimum Gasteiger partial charge on any atom is -1.00 e. The van der Waals surface area contributed by atoms with Gasteiger partial charge in [-0.25, -0.2) is 0 Å². The van der Waals surface area contributed by atoms with Crippen LogP contribution >= 0.6 is 0 Å². The molecule has 21 heavy (non-hydrogen) atoms. The number of rotatable bonds is 4. The molecule has 7 heteroatoms. The van der Waals surface area contributed by atoms with Crippen molar-refractivity contribution in [3.63, 3.8) is 0 Å². The molecule has 1 aromatic rings. The Morgan fingerprint density at radius 3 is 2.29 bits per heavy atom. The highest BCUT2D eigenvalue weighted by Gasteiger charge is 2.20. The predicted octanol–water partition coefficient (Wildman–Crippen LogP) is -1.69. The maximum Gasteiger partial charge on any atom is 0.301 e. The Kier molecular flexibility index (Phi) is 6.58. The van der Waals surface area contributed by atoms with Crippen molar-refractivity contribution in [2.24, 2.45) is 15.3 Å². The van der Waals surface area contributed by atoms with Gasteiger partial charge in [0.1, 0.15) is 0 Å². The number of anilines is 1. The Labute approximate surface area is 132 Å². The zero-order valence-electron chi connectivity index (χ0n) is 13.0. The van der Waals surface area contributed by atoms with Gasteiger partial charge in [-0.05, 0) is 43.2 Å². The van der Waals surface area contributed by atoms with Crippen molar-refractivity contribution in [2.75, 3.05) is 38.8 Å². The summed E-state index contributed by atoms with van der Waals surface area (Å²) in [6, 6.07) is 8.14. The molecule has 6 nitrogen and oxygen atoms in total. The Balaban J connectivity index is 0.00000220. The second kappa shape index (κ2) is 7.95. The molecule has 0 saturated carbocycles. The molecule has 0 bridgehead atoms. The third-order valence-corrected chi connectivity index (χ3v) is 3.33. The van der Waals surface area contributed by atoms with Gasteiger partial charge in [-0.1, -0.05) is 0 Å². The number of hydrogen-bond acceptors (Lipinski definition) is 5. The van der Waals surface area contributed by atoms with Crippen molar-refractivity contribution in [3.8, 4) is 0 Å². The van der Waals surface area contributed by atoms with E-state index >= 15 is 0 Å². The number of nitrogens with one attached hydrogen (secondary N) is 1. The molecule has 116 valence electrons. The van der Waals surface area contributed by atoms with Gasteiger partial charge < -0.3 is 17.3 Å². The van der Waals surface area contributed by atoms with Crippen LogP contribution in [0.5, 0.6) is 0 Å². The van der Waals surface area contributed by atoms with Crippen LogP contribution in [0.3, 0.4) is 0 Å². The van der Waals surface area contributed by atoms with E-state index in [-0.39, 0.29) is 12.4 Å². The smallest absolute Gasteiger partial charge is 0.301 e. The molecule has 0 spiro atoms. The minimum absolute atomic E-state index is 0. The van der Waals surface area contributed by atoms with Crippen LogP contribution < -0.4 is 22.3 Å². The molecule has 1 heterocycles. The van der Waals surface area contributed by atoms with Crippen LogP contribution in [0, 0.1) is 0 Å². The third-order valence-electron chi connectivity index (χ3n) is 3.33. The molecule has 1 aromatic carbocycles. The first-order valence-corrected chi connectivity index (χ1v) is 7.03. The van der Waals surface area contributed by atoms with Crippen molar-refractivity contribution < 1.29 is 17.4 Å². The number of halogens is 1. The van der Waals surface area contributed by atoms with Crippen LogP contribution in [0.4, 0.5) is 11.4 Å². The van der Waals surface area contributed by atoms with Crippen molar-refractivity contribution in [2.45, 2.75) is 13.8 Å². The highest BCUT2D eigenvalue weighted by molar-refractivity contribution is 5.80. The molecule has 0 amide bonds. The zero-order chi connectivity index (χ0) is 14.5. The van der Waals surface area contributed by atoms with Gasteiger partial charge in [-0.3, -0.25) is 4.90 Å². The molecule has 1 N–H and O–H groups in total. The summed E-state index contributed by atoms with van der Waals surface area (Å²) in [7, 11) is 3.97. The Hall–Kier alpha value is -1.66. The highest BCUT2D eigenvalue weighted by Crippen LogP contribution is 2.20. The summed E-state index contributed by atoms with van der Waals surface area (Å²) < 4.78 is 0. The van der Waals surface area contributed by atoms with Gasteiger partial charge in [0.15, 0.2) is 6.67 Å². The molecule has 1 aliphatic heterocycles. The molecule has 0 aliphatic carbocycles. The van der Waals surface area contributed by atoms with Crippen LogP contribution in [0.25, 0.3) is 0 Å². The quantitative estimate of drug-likeness (QED) is 0.675. The second-order valence-electron chi connectivity index (χ2n) is 4.89. The first-order valence-electron chi connectivity index (χ1n) is 7.03. The number of guanidine groups is 1. The Morgan fingerprint density at radius 1 is 1.19 bits per heavy atom. The fraction of sp³-hybridized carbons (Fsp3) is 0.500. The molecule has 1 unspecified atom stereocenters. The summed E-state index contributed by atoms with van der Waals surface area (Å²) in [5.41, 5.74) is 2.06. The van der Waals surface area contributed by atoms with E-state index in [1.54, 1.807) is 0 Å². The fourth-order valence-corrected chi connectivity index (χ4v) is 2.23. The molecule has 0 aromatic heterocycles. The van der Waals surface area contributed by atoms with Crippen LogP contribution in [-0.2, 0) is 0 Å². The Morgan fingerprint density at radius 2 is 1.81 bits per heavy atom. The van der Waals surface area contributed by atoms with E-state index in [2.05, 4.69) is 46.2 Å². The van der Waals surface area contributed by atoms with Crippen LogP contribution in [0.15, 0.2) is 39.6 Å². The third kappa shape index (κ3) is 4.41. The van der Waals surface area contributed by atoms with Gasteiger partial charge in [0.2, 0.25) is 0 Å². The van der Waals surface area contributed by atoms with Gasteiger partial charge in [-0.2, -0.15) is 5.01 Å². The van der Waals surface area contributed by atoms with E-state index in [0.717, 1.165) is 30.5 Å². The van der Waals surface area contributed by atoms with E-state index < -0.39 is 0 Å². The number of azo groups is 1. The van der Waals surface area contributed by atoms with Crippen molar-refractivity contribution in [1.29, 1.82) is 0 Å². The molecule has 0 fully saturated rings. The second-order valence-corrected chi connectivity index (χ2v) is 4.89.